The summed E-state index contributed by atoms with van der Waals surface area (Å²) in [6.45, 7) is 2.16. The Morgan fingerprint density at radius 3 is 3.07 bits per heavy atom. The number of allylic oxidation sites excluding steroid dienone is 2. The Hall–Kier alpha value is -1.12. The predicted molar refractivity (Wildman–Crippen MR) is 52.7 cm³/mol. The maximum absolute atomic E-state index is 11.5. The van der Waals surface area contributed by atoms with Crippen LogP contribution in [0.3, 0.4) is 0 Å². The van der Waals surface area contributed by atoms with Crippen molar-refractivity contribution in [1.82, 2.24) is 0 Å². The average molecular weight is 196 g/mol. The van der Waals surface area contributed by atoms with Gasteiger partial charge >= 0.3 is 5.97 Å². The lowest BCUT2D eigenvalue weighted by Gasteiger charge is -2.10. The Bertz CT molecular complexity index is 243. The molecule has 0 aromatic heterocycles. The molecule has 1 rings (SSSR count). The van der Waals surface area contributed by atoms with Gasteiger partial charge in [0.2, 0.25) is 0 Å². The number of hydrogen-bond acceptors (Lipinski definition) is 3. The van der Waals surface area contributed by atoms with Gasteiger partial charge in [-0.05, 0) is 19.8 Å². The zero-order valence-corrected chi connectivity index (χ0v) is 8.49. The topological polar surface area (TPSA) is 43.4 Å². The fraction of sp³-hybridized carbons (Fsp3) is 0.636. The highest BCUT2D eigenvalue weighted by Crippen LogP contribution is 2.18. The second-order valence-corrected chi connectivity index (χ2v) is 3.42. The first kappa shape index (κ1) is 11.0. The highest BCUT2D eigenvalue weighted by molar-refractivity contribution is 5.85. The number of ketones is 1. The summed E-state index contributed by atoms with van der Waals surface area (Å²) < 4.78 is 4.82. The molecule has 0 aromatic rings. The summed E-state index contributed by atoms with van der Waals surface area (Å²) in [6.07, 6.45) is 6.26. The molecule has 0 N–H and O–H groups in total. The molecule has 1 aliphatic rings. The lowest BCUT2D eigenvalue weighted by atomic mass is 9.96. The van der Waals surface area contributed by atoms with E-state index < -0.39 is 0 Å². The van der Waals surface area contributed by atoms with Crippen LogP contribution in [0.5, 0.6) is 0 Å². The lowest BCUT2D eigenvalue weighted by Crippen LogP contribution is -2.18. The summed E-state index contributed by atoms with van der Waals surface area (Å²) >= 11 is 0. The van der Waals surface area contributed by atoms with E-state index in [1.807, 2.05) is 12.2 Å². The lowest BCUT2D eigenvalue weighted by molar-refractivity contribution is -0.146. The molecule has 1 aliphatic carbocycles. The Kier molecular flexibility index (Phi) is 4.36. The second-order valence-electron chi connectivity index (χ2n) is 3.42. The van der Waals surface area contributed by atoms with E-state index in [1.165, 1.54) is 0 Å². The Morgan fingerprint density at radius 1 is 1.57 bits per heavy atom. The summed E-state index contributed by atoms with van der Waals surface area (Å²) in [5.74, 6) is -0.239. The minimum atomic E-state index is -0.263. The van der Waals surface area contributed by atoms with Gasteiger partial charge in [-0.2, -0.15) is 0 Å². The first-order chi connectivity index (χ1) is 6.74. The number of ether oxygens (including phenoxy) is 1. The highest BCUT2D eigenvalue weighted by atomic mass is 16.5. The van der Waals surface area contributed by atoms with Crippen LogP contribution in [0.2, 0.25) is 0 Å². The van der Waals surface area contributed by atoms with E-state index >= 15 is 0 Å². The van der Waals surface area contributed by atoms with Crippen LogP contribution in [0.4, 0.5) is 0 Å². The zero-order chi connectivity index (χ0) is 10.4. The maximum atomic E-state index is 11.5. The van der Waals surface area contributed by atoms with Gasteiger partial charge in [-0.25, -0.2) is 0 Å². The van der Waals surface area contributed by atoms with Gasteiger partial charge in [0.25, 0.3) is 0 Å². The van der Waals surface area contributed by atoms with Crippen molar-refractivity contribution in [2.75, 3.05) is 6.61 Å². The fourth-order valence-electron chi connectivity index (χ4n) is 1.56. The van der Waals surface area contributed by atoms with Crippen LogP contribution in [0, 0.1) is 5.92 Å². The van der Waals surface area contributed by atoms with Crippen molar-refractivity contribution in [2.45, 2.75) is 32.6 Å². The molecule has 0 aliphatic heterocycles. The van der Waals surface area contributed by atoms with Crippen LogP contribution >= 0.6 is 0 Å². The molecule has 0 fully saturated rings. The molecule has 1 unspecified atom stereocenters. The molecule has 0 saturated heterocycles. The molecule has 0 saturated carbocycles. The van der Waals surface area contributed by atoms with Gasteiger partial charge in [-0.3, -0.25) is 9.59 Å². The van der Waals surface area contributed by atoms with Gasteiger partial charge in [0.15, 0.2) is 0 Å². The van der Waals surface area contributed by atoms with Crippen LogP contribution in [-0.2, 0) is 14.3 Å². The molecule has 14 heavy (non-hydrogen) atoms. The predicted octanol–water partition coefficient (Wildman–Crippen LogP) is 1.86. The van der Waals surface area contributed by atoms with Crippen molar-refractivity contribution in [2.24, 2.45) is 5.92 Å². The van der Waals surface area contributed by atoms with Gasteiger partial charge < -0.3 is 4.74 Å². The molecule has 3 nitrogen and oxygen atoms in total. The molecule has 78 valence electrons. The standard InChI is InChI=1S/C11H16O3/c1-2-14-11(13)8-9-6-4-3-5-7-10(9)12/h3-4,9H,2,5-8H2,1H3. The Labute approximate surface area is 84.1 Å². The van der Waals surface area contributed by atoms with Crippen molar-refractivity contribution in [3.63, 3.8) is 0 Å². The monoisotopic (exact) mass is 196 g/mol. The summed E-state index contributed by atoms with van der Waals surface area (Å²) in [5, 5.41) is 0. The van der Waals surface area contributed by atoms with E-state index in [2.05, 4.69) is 0 Å². The molecule has 0 bridgehead atoms. The van der Waals surface area contributed by atoms with E-state index in [9.17, 15) is 9.59 Å². The molecule has 0 spiro atoms. The van der Waals surface area contributed by atoms with E-state index in [1.54, 1.807) is 6.92 Å². The molecule has 0 aromatic carbocycles. The van der Waals surface area contributed by atoms with Gasteiger partial charge in [-0.15, -0.1) is 0 Å². The van der Waals surface area contributed by atoms with Gasteiger partial charge in [0.05, 0.1) is 13.0 Å². The van der Waals surface area contributed by atoms with Crippen LogP contribution in [0.15, 0.2) is 12.2 Å². The fourth-order valence-corrected chi connectivity index (χ4v) is 1.56. The van der Waals surface area contributed by atoms with Crippen molar-refractivity contribution >= 4 is 11.8 Å². The van der Waals surface area contributed by atoms with Gasteiger partial charge in [0, 0.05) is 12.3 Å². The van der Waals surface area contributed by atoms with E-state index in [4.69, 9.17) is 4.74 Å². The Morgan fingerprint density at radius 2 is 2.36 bits per heavy atom. The van der Waals surface area contributed by atoms with E-state index in [0.717, 1.165) is 6.42 Å². The summed E-state index contributed by atoms with van der Waals surface area (Å²) in [7, 11) is 0. The van der Waals surface area contributed by atoms with Gasteiger partial charge in [0.1, 0.15) is 5.78 Å². The smallest absolute Gasteiger partial charge is 0.306 e. The Balaban J connectivity index is 2.44. The van der Waals surface area contributed by atoms with Crippen LogP contribution in [-0.4, -0.2) is 18.4 Å². The molecule has 3 heteroatoms. The van der Waals surface area contributed by atoms with Crippen molar-refractivity contribution in [3.05, 3.63) is 12.2 Å². The number of hydrogen-bond donors (Lipinski definition) is 0. The normalized spacial score (nSPS) is 21.8. The highest BCUT2D eigenvalue weighted by Gasteiger charge is 2.21. The van der Waals surface area contributed by atoms with Crippen LogP contribution < -0.4 is 0 Å². The van der Waals surface area contributed by atoms with Crippen molar-refractivity contribution < 1.29 is 14.3 Å². The number of rotatable bonds is 3. The van der Waals surface area contributed by atoms with Crippen molar-refractivity contribution in [1.29, 1.82) is 0 Å². The third-order valence-electron chi connectivity index (χ3n) is 2.32. The number of carbonyl (C=O) groups excluding carboxylic acids is 2. The summed E-state index contributed by atoms with van der Waals surface area (Å²) in [4.78, 5) is 22.7. The minimum Gasteiger partial charge on any atom is -0.466 e. The zero-order valence-electron chi connectivity index (χ0n) is 8.49. The first-order valence-electron chi connectivity index (χ1n) is 5.07. The SMILES string of the molecule is CCOC(=O)CC1CC=CCCC1=O. The number of esters is 1. The molecular weight excluding hydrogens is 180 g/mol. The van der Waals surface area contributed by atoms with Gasteiger partial charge in [-0.1, -0.05) is 12.2 Å². The van der Waals surface area contributed by atoms with Crippen LogP contribution in [0.25, 0.3) is 0 Å². The minimum absolute atomic E-state index is 0.159. The quantitative estimate of drug-likeness (QED) is 0.511. The molecular formula is C11H16O3. The summed E-state index contributed by atoms with van der Waals surface area (Å²) in [6, 6.07) is 0. The number of carbonyl (C=O) groups is 2. The summed E-state index contributed by atoms with van der Waals surface area (Å²) in [5.41, 5.74) is 0. The third kappa shape index (κ3) is 3.32. The van der Waals surface area contributed by atoms with Crippen molar-refractivity contribution in [3.8, 4) is 0 Å². The van der Waals surface area contributed by atoms with E-state index in [-0.39, 0.29) is 24.1 Å². The largest absolute Gasteiger partial charge is 0.466 e. The third-order valence-corrected chi connectivity index (χ3v) is 2.32. The molecule has 1 atom stereocenters. The maximum Gasteiger partial charge on any atom is 0.306 e. The second kappa shape index (κ2) is 5.58. The molecule has 0 radical (unpaired) electrons. The number of Topliss-reactive ketones (excluding diaryl/α,β-unsaturated/α-hetero) is 1. The average Bonchev–Trinajstić information content (AvgIpc) is 2.33. The van der Waals surface area contributed by atoms with Crippen LogP contribution in [0.1, 0.15) is 32.6 Å². The van der Waals surface area contributed by atoms with E-state index in [0.29, 0.717) is 19.4 Å². The first-order valence-corrected chi connectivity index (χ1v) is 5.07. The molecule has 0 amide bonds. The molecule has 0 heterocycles.